The van der Waals surface area contributed by atoms with Crippen molar-refractivity contribution in [2.45, 2.75) is 38.7 Å². The van der Waals surface area contributed by atoms with Gasteiger partial charge < -0.3 is 19.7 Å². The Balaban J connectivity index is 1.37. The fraction of sp³-hybridized carbons (Fsp3) is 0.429. The van der Waals surface area contributed by atoms with E-state index in [9.17, 15) is 28.2 Å². The van der Waals surface area contributed by atoms with Crippen molar-refractivity contribution in [3.05, 3.63) is 65.1 Å². The number of hydrogen-bond donors (Lipinski definition) is 2. The molecule has 4 rings (SSSR count). The summed E-state index contributed by atoms with van der Waals surface area (Å²) in [7, 11) is 1.56. The molecule has 2 N–H and O–H groups in total. The number of hydrogen-bond acceptors (Lipinski definition) is 6. The van der Waals surface area contributed by atoms with Crippen LogP contribution < -0.4 is 9.47 Å². The van der Waals surface area contributed by atoms with E-state index in [4.69, 9.17) is 9.47 Å². The van der Waals surface area contributed by atoms with Gasteiger partial charge in [-0.1, -0.05) is 0 Å². The number of carboxylic acid groups (broad SMARTS) is 1. The summed E-state index contributed by atoms with van der Waals surface area (Å²) in [5.41, 5.74) is 1.24. The Hall–Kier alpha value is -3.37. The molecule has 0 radical (unpaired) electrons. The summed E-state index contributed by atoms with van der Waals surface area (Å²) < 4.78 is 51.1. The van der Waals surface area contributed by atoms with Crippen LogP contribution in [0.5, 0.6) is 11.5 Å². The fourth-order valence-electron chi connectivity index (χ4n) is 5.14. The molecule has 0 amide bonds. The SMILES string of the molecule is COc1ccc2ncc(C)c([C@H](O)CCC3(C(=O)O)CCN(CCOc4c(F)cc(F)cc4F)CC3)c2c1. The Morgan fingerprint density at radius 3 is 2.47 bits per heavy atom. The van der Waals surface area contributed by atoms with E-state index in [0.717, 1.165) is 10.9 Å². The van der Waals surface area contributed by atoms with Gasteiger partial charge in [0, 0.05) is 30.3 Å². The first kappa shape index (κ1) is 27.7. The summed E-state index contributed by atoms with van der Waals surface area (Å²) >= 11 is 0. The van der Waals surface area contributed by atoms with E-state index in [1.807, 2.05) is 24.0 Å². The van der Waals surface area contributed by atoms with Gasteiger partial charge in [-0.15, -0.1) is 0 Å². The van der Waals surface area contributed by atoms with Gasteiger partial charge in [0.2, 0.25) is 0 Å². The minimum Gasteiger partial charge on any atom is -0.497 e. The van der Waals surface area contributed by atoms with Crippen molar-refractivity contribution in [1.82, 2.24) is 9.88 Å². The number of aliphatic carboxylic acids is 1. The number of ether oxygens (including phenoxy) is 2. The van der Waals surface area contributed by atoms with E-state index >= 15 is 0 Å². The molecule has 10 heteroatoms. The molecule has 0 spiro atoms. The number of carbonyl (C=O) groups is 1. The average Bonchev–Trinajstić information content (AvgIpc) is 2.89. The van der Waals surface area contributed by atoms with Crippen LogP contribution in [0.2, 0.25) is 0 Å². The molecule has 1 aromatic heterocycles. The third kappa shape index (κ3) is 5.86. The average molecular weight is 533 g/mol. The molecule has 0 unspecified atom stereocenters. The van der Waals surface area contributed by atoms with Crippen LogP contribution in [0.25, 0.3) is 10.9 Å². The fourth-order valence-corrected chi connectivity index (χ4v) is 5.14. The first-order chi connectivity index (χ1) is 18.1. The number of aryl methyl sites for hydroxylation is 1. The molecular formula is C28H31F3N2O5. The van der Waals surface area contributed by atoms with Gasteiger partial charge in [-0.25, -0.2) is 13.2 Å². The number of aliphatic hydroxyl groups is 1. The van der Waals surface area contributed by atoms with Gasteiger partial charge in [0.1, 0.15) is 18.2 Å². The number of nitrogens with zero attached hydrogens (tertiary/aromatic N) is 2. The van der Waals surface area contributed by atoms with E-state index in [2.05, 4.69) is 4.98 Å². The van der Waals surface area contributed by atoms with E-state index in [1.54, 1.807) is 19.4 Å². The lowest BCUT2D eigenvalue weighted by Crippen LogP contribution is -2.45. The molecule has 1 aliphatic rings. The van der Waals surface area contributed by atoms with Crippen molar-refractivity contribution in [2.24, 2.45) is 5.41 Å². The number of halogens is 3. The molecule has 1 fully saturated rings. The van der Waals surface area contributed by atoms with Crippen LogP contribution in [-0.4, -0.2) is 59.4 Å². The zero-order chi connectivity index (χ0) is 27.4. The number of pyridine rings is 1. The summed E-state index contributed by atoms with van der Waals surface area (Å²) in [6, 6.07) is 6.56. The van der Waals surface area contributed by atoms with Crippen molar-refractivity contribution in [2.75, 3.05) is 33.4 Å². The minimum atomic E-state index is -1.11. The molecule has 2 heterocycles. The van der Waals surface area contributed by atoms with E-state index in [0.29, 0.717) is 61.4 Å². The van der Waals surface area contributed by atoms with Crippen LogP contribution >= 0.6 is 0 Å². The second kappa shape index (κ2) is 11.6. The maximum absolute atomic E-state index is 13.8. The van der Waals surface area contributed by atoms with Gasteiger partial charge in [0.25, 0.3) is 0 Å². The van der Waals surface area contributed by atoms with Gasteiger partial charge in [-0.3, -0.25) is 14.7 Å². The van der Waals surface area contributed by atoms with Gasteiger partial charge >= 0.3 is 5.97 Å². The van der Waals surface area contributed by atoms with Crippen molar-refractivity contribution in [3.63, 3.8) is 0 Å². The van der Waals surface area contributed by atoms with Crippen LogP contribution in [0.3, 0.4) is 0 Å². The number of piperidine rings is 1. The second-order valence-corrected chi connectivity index (χ2v) is 9.77. The Morgan fingerprint density at radius 2 is 1.84 bits per heavy atom. The molecule has 7 nitrogen and oxygen atoms in total. The van der Waals surface area contributed by atoms with Gasteiger partial charge in [0.05, 0.1) is 24.1 Å². The maximum atomic E-state index is 13.8. The Bertz CT molecular complexity index is 1290. The third-order valence-corrected chi connectivity index (χ3v) is 7.43. The van der Waals surface area contributed by atoms with E-state index < -0.39 is 40.7 Å². The molecule has 0 saturated carbocycles. The highest BCUT2D eigenvalue weighted by atomic mass is 19.1. The Kier molecular flexibility index (Phi) is 8.42. The van der Waals surface area contributed by atoms with E-state index in [1.165, 1.54) is 0 Å². The molecule has 0 aliphatic carbocycles. The van der Waals surface area contributed by atoms with Crippen LogP contribution in [0, 0.1) is 29.8 Å². The summed E-state index contributed by atoms with van der Waals surface area (Å²) in [5, 5.41) is 22.0. The normalized spacial score (nSPS) is 16.4. The van der Waals surface area contributed by atoms with Gasteiger partial charge in [-0.2, -0.15) is 0 Å². The summed E-state index contributed by atoms with van der Waals surface area (Å²) in [5.74, 6) is -4.14. The lowest BCUT2D eigenvalue weighted by Gasteiger charge is -2.39. The number of benzene rings is 2. The number of carboxylic acids is 1. The second-order valence-electron chi connectivity index (χ2n) is 9.77. The largest absolute Gasteiger partial charge is 0.497 e. The van der Waals surface area contributed by atoms with Crippen molar-refractivity contribution in [1.29, 1.82) is 0 Å². The monoisotopic (exact) mass is 532 g/mol. The summed E-state index contributed by atoms with van der Waals surface area (Å²) in [6.07, 6.45) is 2.08. The lowest BCUT2D eigenvalue weighted by atomic mass is 9.74. The van der Waals surface area contributed by atoms with Crippen molar-refractivity contribution in [3.8, 4) is 11.5 Å². The molecule has 38 heavy (non-hydrogen) atoms. The highest BCUT2D eigenvalue weighted by Gasteiger charge is 2.41. The quantitative estimate of drug-likeness (QED) is 0.379. The maximum Gasteiger partial charge on any atom is 0.309 e. The zero-order valence-corrected chi connectivity index (χ0v) is 21.3. The molecule has 1 aliphatic heterocycles. The van der Waals surface area contributed by atoms with Gasteiger partial charge in [-0.05, 0) is 75.0 Å². The topological polar surface area (TPSA) is 92.1 Å². The number of fused-ring (bicyclic) bond motifs is 1. The van der Waals surface area contributed by atoms with Crippen LogP contribution in [0.15, 0.2) is 36.5 Å². The van der Waals surface area contributed by atoms with E-state index in [-0.39, 0.29) is 19.4 Å². The van der Waals surface area contributed by atoms with Crippen LogP contribution in [0.4, 0.5) is 13.2 Å². The van der Waals surface area contributed by atoms with Crippen molar-refractivity contribution >= 4 is 16.9 Å². The highest BCUT2D eigenvalue weighted by molar-refractivity contribution is 5.85. The first-order valence-electron chi connectivity index (χ1n) is 12.5. The lowest BCUT2D eigenvalue weighted by molar-refractivity contribution is -0.153. The predicted octanol–water partition coefficient (Wildman–Crippen LogP) is 5.03. The van der Waals surface area contributed by atoms with Crippen molar-refractivity contribution < 1.29 is 37.7 Å². The predicted molar refractivity (Wildman–Crippen MR) is 135 cm³/mol. The first-order valence-corrected chi connectivity index (χ1v) is 12.5. The van der Waals surface area contributed by atoms with Gasteiger partial charge in [0.15, 0.2) is 17.4 Å². The number of aromatic nitrogens is 1. The summed E-state index contributed by atoms with van der Waals surface area (Å²) in [4.78, 5) is 18.7. The molecule has 204 valence electrons. The number of aliphatic hydroxyl groups excluding tert-OH is 1. The smallest absolute Gasteiger partial charge is 0.309 e. The molecule has 1 atom stereocenters. The molecule has 2 aromatic carbocycles. The Labute approximate surface area is 218 Å². The molecule has 3 aromatic rings. The number of rotatable bonds is 10. The number of likely N-dealkylation sites (tertiary alicyclic amines) is 1. The summed E-state index contributed by atoms with van der Waals surface area (Å²) in [6.45, 7) is 3.07. The third-order valence-electron chi connectivity index (χ3n) is 7.43. The number of methoxy groups -OCH3 is 1. The molecule has 0 bridgehead atoms. The van der Waals surface area contributed by atoms with Crippen LogP contribution in [0.1, 0.15) is 42.9 Å². The van der Waals surface area contributed by atoms with Crippen LogP contribution in [-0.2, 0) is 4.79 Å². The molecular weight excluding hydrogens is 501 g/mol. The standard InChI is InChI=1S/C28H31F3N2O5/c1-17-16-32-23-4-3-19(37-2)15-20(23)25(17)24(34)5-6-28(27(35)36)7-9-33(10-8-28)11-12-38-26-21(30)13-18(29)14-22(26)31/h3-4,13-16,24,34H,5-12H2,1-2H3,(H,35,36)/t24-/m1/s1. The zero-order valence-electron chi connectivity index (χ0n) is 21.3. The Morgan fingerprint density at radius 1 is 1.16 bits per heavy atom. The molecule has 1 saturated heterocycles. The highest BCUT2D eigenvalue weighted by Crippen LogP contribution is 2.40. The minimum absolute atomic E-state index is 0.0316.